The molecule has 0 aliphatic heterocycles. The van der Waals surface area contributed by atoms with E-state index < -0.39 is 0 Å². The third-order valence-electron chi connectivity index (χ3n) is 4.56. The Balaban J connectivity index is 2.01. The number of hydrogen-bond donors (Lipinski definition) is 1. The van der Waals surface area contributed by atoms with Gasteiger partial charge in [-0.05, 0) is 31.6 Å². The molecule has 0 radical (unpaired) electrons. The molecular weight excluding hydrogens is 236 g/mol. The van der Waals surface area contributed by atoms with E-state index >= 15 is 0 Å². The summed E-state index contributed by atoms with van der Waals surface area (Å²) in [5, 5.41) is 4.31. The molecule has 2 unspecified atom stereocenters. The van der Waals surface area contributed by atoms with E-state index in [1.54, 1.807) is 6.33 Å². The maximum atomic E-state index is 6.65. The van der Waals surface area contributed by atoms with Crippen LogP contribution in [0.1, 0.15) is 64.6 Å². The van der Waals surface area contributed by atoms with Gasteiger partial charge >= 0.3 is 0 Å². The van der Waals surface area contributed by atoms with Gasteiger partial charge in [-0.1, -0.05) is 33.1 Å². The van der Waals surface area contributed by atoms with E-state index in [-0.39, 0.29) is 5.54 Å². The van der Waals surface area contributed by atoms with E-state index in [2.05, 4.69) is 23.9 Å². The Labute approximate surface area is 116 Å². The van der Waals surface area contributed by atoms with Crippen LogP contribution in [0.15, 0.2) is 6.33 Å². The lowest BCUT2D eigenvalue weighted by molar-refractivity contribution is 0.344. The normalized spacial score (nSPS) is 28.3. The Morgan fingerprint density at radius 2 is 2.21 bits per heavy atom. The summed E-state index contributed by atoms with van der Waals surface area (Å²) in [6, 6.07) is 0. The molecule has 1 aromatic rings. The molecule has 0 aromatic carbocycles. The summed E-state index contributed by atoms with van der Waals surface area (Å²) in [5.74, 6) is 1.94. The van der Waals surface area contributed by atoms with Crippen LogP contribution in [0.4, 0.5) is 0 Å². The summed E-state index contributed by atoms with van der Waals surface area (Å²) in [6.45, 7) is 5.41. The van der Waals surface area contributed by atoms with Crippen LogP contribution >= 0.6 is 0 Å². The Hall–Kier alpha value is -0.900. The molecule has 108 valence electrons. The Bertz CT molecular complexity index is 387. The summed E-state index contributed by atoms with van der Waals surface area (Å²) in [7, 11) is 0. The lowest BCUT2D eigenvalue weighted by atomic mass is 9.87. The van der Waals surface area contributed by atoms with E-state index in [1.807, 2.05) is 4.68 Å². The predicted molar refractivity (Wildman–Crippen MR) is 77.8 cm³/mol. The van der Waals surface area contributed by atoms with Crippen LogP contribution < -0.4 is 5.73 Å². The highest BCUT2D eigenvalue weighted by atomic mass is 15.3. The maximum Gasteiger partial charge on any atom is 0.138 e. The molecule has 0 bridgehead atoms. The van der Waals surface area contributed by atoms with Crippen molar-refractivity contribution < 1.29 is 0 Å². The number of hydrogen-bond acceptors (Lipinski definition) is 3. The van der Waals surface area contributed by atoms with E-state index in [4.69, 9.17) is 5.73 Å². The Morgan fingerprint density at radius 1 is 1.37 bits per heavy atom. The summed E-state index contributed by atoms with van der Waals surface area (Å²) in [5.41, 5.74) is 6.58. The molecule has 2 N–H and O–H groups in total. The second-order valence-corrected chi connectivity index (χ2v) is 6.14. The molecular formula is C15H28N4. The zero-order chi connectivity index (χ0) is 13.7. The minimum absolute atomic E-state index is 0.0670. The number of rotatable bonds is 5. The van der Waals surface area contributed by atoms with Gasteiger partial charge in [-0.3, -0.25) is 4.68 Å². The fourth-order valence-electron chi connectivity index (χ4n) is 3.23. The average Bonchev–Trinajstić information content (AvgIpc) is 2.72. The highest BCUT2D eigenvalue weighted by Gasteiger charge is 2.30. The van der Waals surface area contributed by atoms with Gasteiger partial charge in [0.1, 0.15) is 12.2 Å². The average molecular weight is 264 g/mol. The summed E-state index contributed by atoms with van der Waals surface area (Å²) < 4.78 is 2.02. The number of aryl methyl sites for hydroxylation is 1. The smallest absolute Gasteiger partial charge is 0.138 e. The van der Waals surface area contributed by atoms with Crippen molar-refractivity contribution in [1.29, 1.82) is 0 Å². The highest BCUT2D eigenvalue weighted by molar-refractivity contribution is 4.99. The van der Waals surface area contributed by atoms with Crippen molar-refractivity contribution in [2.24, 2.45) is 11.7 Å². The minimum Gasteiger partial charge on any atom is -0.325 e. The van der Waals surface area contributed by atoms with E-state index in [0.29, 0.717) is 0 Å². The first-order valence-electron chi connectivity index (χ1n) is 7.82. The summed E-state index contributed by atoms with van der Waals surface area (Å²) in [6.07, 6.45) is 11.1. The molecule has 19 heavy (non-hydrogen) atoms. The Kier molecular flexibility index (Phi) is 4.97. The number of nitrogens with two attached hydrogens (primary N) is 1. The van der Waals surface area contributed by atoms with Crippen molar-refractivity contribution in [3.8, 4) is 0 Å². The molecule has 1 aromatic heterocycles. The van der Waals surface area contributed by atoms with Gasteiger partial charge in [-0.15, -0.1) is 0 Å². The first kappa shape index (κ1) is 14.5. The molecule has 0 saturated heterocycles. The monoisotopic (exact) mass is 264 g/mol. The van der Waals surface area contributed by atoms with Gasteiger partial charge in [0.2, 0.25) is 0 Å². The summed E-state index contributed by atoms with van der Waals surface area (Å²) >= 11 is 0. The fraction of sp³-hybridized carbons (Fsp3) is 0.867. The zero-order valence-corrected chi connectivity index (χ0v) is 12.4. The van der Waals surface area contributed by atoms with Gasteiger partial charge in [0.05, 0.1) is 0 Å². The molecule has 0 amide bonds. The summed E-state index contributed by atoms with van der Waals surface area (Å²) in [4.78, 5) is 4.42. The lowest BCUT2D eigenvalue weighted by Crippen LogP contribution is -2.42. The van der Waals surface area contributed by atoms with Crippen molar-refractivity contribution in [3.05, 3.63) is 12.2 Å². The van der Waals surface area contributed by atoms with Crippen LogP contribution in [-0.4, -0.2) is 20.3 Å². The van der Waals surface area contributed by atoms with E-state index in [0.717, 1.165) is 44.0 Å². The zero-order valence-electron chi connectivity index (χ0n) is 12.4. The first-order valence-corrected chi connectivity index (χ1v) is 7.82. The molecule has 4 nitrogen and oxygen atoms in total. The highest BCUT2D eigenvalue weighted by Crippen LogP contribution is 2.32. The fourth-order valence-corrected chi connectivity index (χ4v) is 3.23. The van der Waals surface area contributed by atoms with Crippen molar-refractivity contribution in [2.75, 3.05) is 0 Å². The standard InChI is InChI=1S/C15H28N4/c1-3-10-19-14(17-12-18-19)11-15(16)8-5-6-13(4-2)7-9-15/h12-13H,3-11,16H2,1-2H3. The maximum absolute atomic E-state index is 6.65. The van der Waals surface area contributed by atoms with Gasteiger partial charge in [0.25, 0.3) is 0 Å². The van der Waals surface area contributed by atoms with Crippen LogP contribution in [0.25, 0.3) is 0 Å². The minimum atomic E-state index is -0.0670. The number of nitrogens with zero attached hydrogens (tertiary/aromatic N) is 3. The molecule has 1 fully saturated rings. The third-order valence-corrected chi connectivity index (χ3v) is 4.56. The van der Waals surface area contributed by atoms with Crippen LogP contribution in [0.5, 0.6) is 0 Å². The first-order chi connectivity index (χ1) is 9.17. The van der Waals surface area contributed by atoms with Gasteiger partial charge in [0, 0.05) is 18.5 Å². The van der Waals surface area contributed by atoms with Crippen molar-refractivity contribution >= 4 is 0 Å². The van der Waals surface area contributed by atoms with Crippen LogP contribution in [-0.2, 0) is 13.0 Å². The molecule has 4 heteroatoms. The van der Waals surface area contributed by atoms with Crippen molar-refractivity contribution in [2.45, 2.75) is 77.3 Å². The lowest BCUT2D eigenvalue weighted by Gasteiger charge is -2.27. The van der Waals surface area contributed by atoms with Gasteiger partial charge in [-0.25, -0.2) is 4.98 Å². The molecule has 1 aliphatic carbocycles. The second-order valence-electron chi connectivity index (χ2n) is 6.14. The molecule has 1 heterocycles. The molecule has 0 spiro atoms. The quantitative estimate of drug-likeness (QED) is 0.832. The topological polar surface area (TPSA) is 56.7 Å². The van der Waals surface area contributed by atoms with E-state index in [1.165, 1.54) is 25.7 Å². The van der Waals surface area contributed by atoms with Gasteiger partial charge in [0.15, 0.2) is 0 Å². The molecule has 1 aliphatic rings. The molecule has 1 saturated carbocycles. The SMILES string of the molecule is CCCn1ncnc1CC1(N)CCCC(CC)CC1. The van der Waals surface area contributed by atoms with Crippen LogP contribution in [0.3, 0.4) is 0 Å². The second kappa shape index (κ2) is 6.51. The van der Waals surface area contributed by atoms with Crippen LogP contribution in [0.2, 0.25) is 0 Å². The van der Waals surface area contributed by atoms with Crippen molar-refractivity contribution in [3.63, 3.8) is 0 Å². The largest absolute Gasteiger partial charge is 0.325 e. The predicted octanol–water partition coefficient (Wildman–Crippen LogP) is 2.92. The third kappa shape index (κ3) is 3.78. The number of aromatic nitrogens is 3. The van der Waals surface area contributed by atoms with Crippen LogP contribution in [0, 0.1) is 5.92 Å². The Morgan fingerprint density at radius 3 is 2.95 bits per heavy atom. The van der Waals surface area contributed by atoms with E-state index in [9.17, 15) is 0 Å². The van der Waals surface area contributed by atoms with Gasteiger partial charge in [-0.2, -0.15) is 5.10 Å². The van der Waals surface area contributed by atoms with Gasteiger partial charge < -0.3 is 5.73 Å². The molecule has 2 atom stereocenters. The van der Waals surface area contributed by atoms with Crippen molar-refractivity contribution in [1.82, 2.24) is 14.8 Å². The molecule has 2 rings (SSSR count).